The molecule has 1 heterocycles. The van der Waals surface area contributed by atoms with Crippen molar-refractivity contribution < 1.29 is 22.7 Å². The number of carbonyl (C=O) groups excluding carboxylic acids is 2. The minimum absolute atomic E-state index is 0.0101. The van der Waals surface area contributed by atoms with Gasteiger partial charge in [0, 0.05) is 24.4 Å². The van der Waals surface area contributed by atoms with Crippen LogP contribution in [-0.2, 0) is 14.8 Å². The topological polar surface area (TPSA) is 102 Å². The molecule has 2 N–H and O–H groups in total. The van der Waals surface area contributed by atoms with Crippen LogP contribution in [0.2, 0.25) is 10.0 Å². The average molecular weight is 471 g/mol. The third-order valence-electron chi connectivity index (χ3n) is 4.63. The predicted octanol–water partition coefficient (Wildman–Crippen LogP) is 3.91. The molecule has 30 heavy (non-hydrogen) atoms. The largest absolute Gasteiger partial charge is 0.377 e. The summed E-state index contributed by atoms with van der Waals surface area (Å²) in [6, 6.07) is 8.65. The number of nitrogens with one attached hydrogen (secondary N) is 2. The number of hydrogen-bond acceptors (Lipinski definition) is 5. The standard InChI is InChI=1S/C20H20Cl2N2O5S/c1-12(25)13-4-6-14(7-5-13)24-20(26)16-9-19(18(22)10-17(16)21)30(27,28)23-11-15-3-2-8-29-15/h4-7,9-10,15,23H,2-3,8,11H2,1H3,(H,24,26)/t15-/m0/s1. The Morgan fingerprint density at radius 3 is 2.43 bits per heavy atom. The summed E-state index contributed by atoms with van der Waals surface area (Å²) in [5.74, 6) is -0.707. The van der Waals surface area contributed by atoms with Gasteiger partial charge in [0.05, 0.1) is 21.7 Å². The second kappa shape index (κ2) is 9.45. The lowest BCUT2D eigenvalue weighted by molar-refractivity contribution is 0.101. The summed E-state index contributed by atoms with van der Waals surface area (Å²) in [6.07, 6.45) is 1.46. The van der Waals surface area contributed by atoms with Gasteiger partial charge in [-0.25, -0.2) is 13.1 Å². The zero-order valence-electron chi connectivity index (χ0n) is 16.1. The first-order valence-electron chi connectivity index (χ1n) is 9.20. The Balaban J connectivity index is 1.81. The number of hydrogen-bond donors (Lipinski definition) is 2. The quantitative estimate of drug-likeness (QED) is 0.597. The van der Waals surface area contributed by atoms with Gasteiger partial charge >= 0.3 is 0 Å². The van der Waals surface area contributed by atoms with Crippen molar-refractivity contribution in [1.29, 1.82) is 0 Å². The van der Waals surface area contributed by atoms with Crippen molar-refractivity contribution in [2.24, 2.45) is 0 Å². The van der Waals surface area contributed by atoms with Crippen molar-refractivity contribution in [3.05, 3.63) is 57.6 Å². The molecule has 1 atom stereocenters. The van der Waals surface area contributed by atoms with Crippen molar-refractivity contribution in [2.75, 3.05) is 18.5 Å². The number of amides is 1. The summed E-state index contributed by atoms with van der Waals surface area (Å²) >= 11 is 12.2. The first-order chi connectivity index (χ1) is 14.2. The highest BCUT2D eigenvalue weighted by Gasteiger charge is 2.25. The van der Waals surface area contributed by atoms with Crippen molar-refractivity contribution in [2.45, 2.75) is 30.8 Å². The van der Waals surface area contributed by atoms with Gasteiger partial charge in [-0.15, -0.1) is 0 Å². The Morgan fingerprint density at radius 2 is 1.83 bits per heavy atom. The molecule has 160 valence electrons. The highest BCUT2D eigenvalue weighted by Crippen LogP contribution is 2.29. The minimum atomic E-state index is -3.98. The van der Waals surface area contributed by atoms with E-state index in [-0.39, 0.29) is 38.9 Å². The lowest BCUT2D eigenvalue weighted by Crippen LogP contribution is -2.32. The highest BCUT2D eigenvalue weighted by molar-refractivity contribution is 7.89. The number of sulfonamides is 1. The van der Waals surface area contributed by atoms with Gasteiger partial charge in [0.2, 0.25) is 10.0 Å². The van der Waals surface area contributed by atoms with E-state index in [0.717, 1.165) is 18.9 Å². The molecule has 1 aliphatic heterocycles. The molecule has 1 fully saturated rings. The molecule has 1 aliphatic rings. The maximum Gasteiger partial charge on any atom is 0.257 e. The summed E-state index contributed by atoms with van der Waals surface area (Å²) in [7, 11) is -3.98. The lowest BCUT2D eigenvalue weighted by atomic mass is 10.1. The normalized spacial score (nSPS) is 16.4. The van der Waals surface area contributed by atoms with E-state index in [4.69, 9.17) is 27.9 Å². The van der Waals surface area contributed by atoms with Gasteiger partial charge < -0.3 is 10.1 Å². The zero-order valence-corrected chi connectivity index (χ0v) is 18.4. The van der Waals surface area contributed by atoms with Crippen molar-refractivity contribution in [3.8, 4) is 0 Å². The molecule has 0 aliphatic carbocycles. The van der Waals surface area contributed by atoms with E-state index >= 15 is 0 Å². The van der Waals surface area contributed by atoms with Crippen LogP contribution in [0.1, 0.15) is 40.5 Å². The lowest BCUT2D eigenvalue weighted by Gasteiger charge is -2.14. The van der Waals surface area contributed by atoms with Crippen LogP contribution in [0.3, 0.4) is 0 Å². The van der Waals surface area contributed by atoms with Crippen LogP contribution in [0.25, 0.3) is 0 Å². The van der Waals surface area contributed by atoms with E-state index in [1.807, 2.05) is 0 Å². The number of ketones is 1. The smallest absolute Gasteiger partial charge is 0.257 e. The highest BCUT2D eigenvalue weighted by atomic mass is 35.5. The van der Waals surface area contributed by atoms with Crippen LogP contribution < -0.4 is 10.0 Å². The van der Waals surface area contributed by atoms with Gasteiger partial charge in [-0.1, -0.05) is 23.2 Å². The Hall–Kier alpha value is -1.97. The van der Waals surface area contributed by atoms with Crippen LogP contribution in [0.15, 0.2) is 41.3 Å². The van der Waals surface area contributed by atoms with E-state index in [1.54, 1.807) is 24.3 Å². The molecule has 0 spiro atoms. The Kier molecular flexibility index (Phi) is 7.15. The Labute approximate surface area is 184 Å². The molecular weight excluding hydrogens is 451 g/mol. The number of Topliss-reactive ketones (excluding diaryl/α,β-unsaturated/α-hetero) is 1. The second-order valence-electron chi connectivity index (χ2n) is 6.84. The number of halogens is 2. The maximum atomic E-state index is 12.7. The summed E-state index contributed by atoms with van der Waals surface area (Å²) in [4.78, 5) is 23.8. The summed E-state index contributed by atoms with van der Waals surface area (Å²) < 4.78 is 33.3. The fraction of sp³-hybridized carbons (Fsp3) is 0.300. The van der Waals surface area contributed by atoms with Gasteiger partial charge in [-0.2, -0.15) is 0 Å². The van der Waals surface area contributed by atoms with Gasteiger partial charge in [0.15, 0.2) is 5.78 Å². The maximum absolute atomic E-state index is 12.7. The van der Waals surface area contributed by atoms with E-state index in [2.05, 4.69) is 10.0 Å². The predicted molar refractivity (Wildman–Crippen MR) is 115 cm³/mol. The molecule has 0 bridgehead atoms. The molecule has 2 aromatic carbocycles. The second-order valence-corrected chi connectivity index (χ2v) is 9.39. The summed E-state index contributed by atoms with van der Waals surface area (Å²) in [6.45, 7) is 2.16. The van der Waals surface area contributed by atoms with E-state index in [1.165, 1.54) is 13.0 Å². The molecule has 0 unspecified atom stereocenters. The zero-order chi connectivity index (χ0) is 21.9. The number of benzene rings is 2. The number of anilines is 1. The van der Waals surface area contributed by atoms with Crippen LogP contribution in [0.5, 0.6) is 0 Å². The molecule has 10 heteroatoms. The van der Waals surface area contributed by atoms with Crippen LogP contribution in [0, 0.1) is 0 Å². The Morgan fingerprint density at radius 1 is 1.13 bits per heavy atom. The molecule has 2 aromatic rings. The minimum Gasteiger partial charge on any atom is -0.377 e. The molecule has 1 saturated heterocycles. The molecule has 7 nitrogen and oxygen atoms in total. The van der Waals surface area contributed by atoms with Crippen molar-refractivity contribution in [3.63, 3.8) is 0 Å². The molecule has 1 amide bonds. The van der Waals surface area contributed by atoms with E-state index in [0.29, 0.717) is 17.9 Å². The van der Waals surface area contributed by atoms with E-state index in [9.17, 15) is 18.0 Å². The molecular formula is C20H20Cl2N2O5S. The molecule has 3 rings (SSSR count). The monoisotopic (exact) mass is 470 g/mol. The molecule has 0 aromatic heterocycles. The summed E-state index contributed by atoms with van der Waals surface area (Å²) in [5, 5.41) is 2.54. The first-order valence-corrected chi connectivity index (χ1v) is 11.4. The SMILES string of the molecule is CC(=O)c1ccc(NC(=O)c2cc(S(=O)(=O)NC[C@@H]3CCCO3)c(Cl)cc2Cl)cc1. The van der Waals surface area contributed by atoms with Crippen LogP contribution >= 0.6 is 23.2 Å². The third-order valence-corrected chi connectivity index (χ3v) is 6.83. The Bertz CT molecular complexity index is 1070. The summed E-state index contributed by atoms with van der Waals surface area (Å²) in [5.41, 5.74) is 0.884. The number of ether oxygens (including phenoxy) is 1. The number of rotatable bonds is 7. The van der Waals surface area contributed by atoms with Crippen LogP contribution in [-0.4, -0.2) is 39.4 Å². The van der Waals surface area contributed by atoms with Crippen molar-refractivity contribution in [1.82, 2.24) is 4.72 Å². The van der Waals surface area contributed by atoms with Gasteiger partial charge in [-0.3, -0.25) is 9.59 Å². The fourth-order valence-corrected chi connectivity index (χ4v) is 4.90. The number of carbonyl (C=O) groups is 2. The van der Waals surface area contributed by atoms with Gasteiger partial charge in [0.1, 0.15) is 4.90 Å². The average Bonchev–Trinajstić information content (AvgIpc) is 3.20. The molecule has 0 saturated carbocycles. The van der Waals surface area contributed by atoms with Crippen LogP contribution in [0.4, 0.5) is 5.69 Å². The van der Waals surface area contributed by atoms with Crippen molar-refractivity contribution >= 4 is 50.6 Å². The van der Waals surface area contributed by atoms with E-state index < -0.39 is 15.9 Å². The van der Waals surface area contributed by atoms with Gasteiger partial charge in [-0.05, 0) is 56.2 Å². The third kappa shape index (κ3) is 5.39. The van der Waals surface area contributed by atoms with Gasteiger partial charge in [0.25, 0.3) is 5.91 Å². The fourth-order valence-electron chi connectivity index (χ4n) is 2.98. The molecule has 0 radical (unpaired) electrons. The first kappa shape index (κ1) is 22.7.